The Kier molecular flexibility index (Phi) is 4.93. The van der Waals surface area contributed by atoms with Crippen molar-refractivity contribution in [1.29, 1.82) is 0 Å². The molecule has 1 heterocycles. The molecule has 0 fully saturated rings. The van der Waals surface area contributed by atoms with Gasteiger partial charge in [-0.2, -0.15) is 0 Å². The lowest BCUT2D eigenvalue weighted by atomic mass is 10.2. The lowest BCUT2D eigenvalue weighted by molar-refractivity contribution is 0.306. The third-order valence-corrected chi connectivity index (χ3v) is 3.85. The fourth-order valence-corrected chi connectivity index (χ4v) is 2.62. The topological polar surface area (TPSA) is 21.3 Å². The molecule has 1 aromatic heterocycles. The van der Waals surface area contributed by atoms with E-state index in [0.717, 1.165) is 23.5 Å². The zero-order valence-corrected chi connectivity index (χ0v) is 12.0. The van der Waals surface area contributed by atoms with Crippen LogP contribution in [0.15, 0.2) is 30.3 Å². The zero-order valence-electron chi connectivity index (χ0n) is 11.2. The first-order valence-corrected chi connectivity index (χ1v) is 7.18. The smallest absolute Gasteiger partial charge is 0.126 e. The number of ether oxygens (including phenoxy) is 1. The molecule has 0 unspecified atom stereocenters. The number of thiophene rings is 1. The number of aryl methyl sites for hydroxylation is 1. The van der Waals surface area contributed by atoms with Crippen molar-refractivity contribution in [3.05, 3.63) is 51.5 Å². The molecule has 0 saturated carbocycles. The summed E-state index contributed by atoms with van der Waals surface area (Å²) in [7, 11) is 0. The molecule has 0 saturated heterocycles. The molecule has 0 aliphatic carbocycles. The van der Waals surface area contributed by atoms with Crippen molar-refractivity contribution in [1.82, 2.24) is 5.32 Å². The van der Waals surface area contributed by atoms with Gasteiger partial charge in [-0.3, -0.25) is 0 Å². The van der Waals surface area contributed by atoms with Gasteiger partial charge in [-0.15, -0.1) is 11.3 Å². The molecular weight excluding hydrogens is 261 g/mol. The van der Waals surface area contributed by atoms with Gasteiger partial charge >= 0.3 is 0 Å². The van der Waals surface area contributed by atoms with E-state index in [1.54, 1.807) is 17.4 Å². The maximum Gasteiger partial charge on any atom is 0.126 e. The predicted molar refractivity (Wildman–Crippen MR) is 77.2 cm³/mol. The first kappa shape index (κ1) is 14.0. The molecule has 1 aromatic carbocycles. The van der Waals surface area contributed by atoms with Crippen LogP contribution in [0.25, 0.3) is 0 Å². The van der Waals surface area contributed by atoms with E-state index in [1.165, 1.54) is 17.0 Å². The average Bonchev–Trinajstić information content (AvgIpc) is 2.85. The number of halogens is 1. The Balaban J connectivity index is 1.94. The lowest BCUT2D eigenvalue weighted by Gasteiger charge is -2.07. The SMILES string of the molecule is CCNCc1ccc(COc2cc(F)ccc2C)s1. The normalized spacial score (nSPS) is 10.7. The Morgan fingerprint density at radius 3 is 2.79 bits per heavy atom. The van der Waals surface area contributed by atoms with Gasteiger partial charge in [0.2, 0.25) is 0 Å². The molecule has 0 bridgehead atoms. The predicted octanol–water partition coefficient (Wildman–Crippen LogP) is 3.88. The van der Waals surface area contributed by atoms with Crippen LogP contribution in [0.4, 0.5) is 4.39 Å². The summed E-state index contributed by atoms with van der Waals surface area (Å²) >= 11 is 1.72. The van der Waals surface area contributed by atoms with Gasteiger partial charge in [0.1, 0.15) is 18.2 Å². The number of benzene rings is 1. The van der Waals surface area contributed by atoms with Gasteiger partial charge in [-0.25, -0.2) is 4.39 Å². The fraction of sp³-hybridized carbons (Fsp3) is 0.333. The Labute approximate surface area is 117 Å². The van der Waals surface area contributed by atoms with E-state index in [0.29, 0.717) is 12.4 Å². The van der Waals surface area contributed by atoms with Crippen molar-refractivity contribution < 1.29 is 9.13 Å². The van der Waals surface area contributed by atoms with E-state index in [1.807, 2.05) is 6.92 Å². The van der Waals surface area contributed by atoms with E-state index >= 15 is 0 Å². The summed E-state index contributed by atoms with van der Waals surface area (Å²) < 4.78 is 18.8. The minimum atomic E-state index is -0.264. The molecule has 2 nitrogen and oxygen atoms in total. The molecule has 0 radical (unpaired) electrons. The van der Waals surface area contributed by atoms with Gasteiger partial charge in [0.05, 0.1) is 0 Å². The summed E-state index contributed by atoms with van der Waals surface area (Å²) in [5.41, 5.74) is 0.950. The largest absolute Gasteiger partial charge is 0.488 e. The number of nitrogens with one attached hydrogen (secondary N) is 1. The van der Waals surface area contributed by atoms with Crippen molar-refractivity contribution in [2.75, 3.05) is 6.54 Å². The van der Waals surface area contributed by atoms with E-state index in [-0.39, 0.29) is 5.82 Å². The standard InChI is InChI=1S/C15H18FNOS/c1-3-17-9-13-6-7-14(19-13)10-18-15-8-12(16)5-4-11(15)2/h4-8,17H,3,9-10H2,1-2H3. The third-order valence-electron chi connectivity index (χ3n) is 2.79. The second-order valence-electron chi connectivity index (χ2n) is 4.35. The highest BCUT2D eigenvalue weighted by molar-refractivity contribution is 7.11. The molecule has 2 rings (SSSR count). The second kappa shape index (κ2) is 6.68. The van der Waals surface area contributed by atoms with E-state index < -0.39 is 0 Å². The van der Waals surface area contributed by atoms with Gasteiger partial charge in [0.25, 0.3) is 0 Å². The Morgan fingerprint density at radius 1 is 1.21 bits per heavy atom. The van der Waals surface area contributed by atoms with Crippen LogP contribution in [0.1, 0.15) is 22.2 Å². The van der Waals surface area contributed by atoms with Gasteiger partial charge in [-0.05, 0) is 37.2 Å². The lowest BCUT2D eigenvalue weighted by Crippen LogP contribution is -2.10. The first-order chi connectivity index (χ1) is 9.19. The highest BCUT2D eigenvalue weighted by atomic mass is 32.1. The number of rotatable bonds is 6. The van der Waals surface area contributed by atoms with Crippen molar-refractivity contribution in [2.24, 2.45) is 0 Å². The third kappa shape index (κ3) is 4.04. The van der Waals surface area contributed by atoms with Crippen LogP contribution in [-0.4, -0.2) is 6.54 Å². The van der Waals surface area contributed by atoms with E-state index in [2.05, 4.69) is 24.4 Å². The number of hydrogen-bond acceptors (Lipinski definition) is 3. The van der Waals surface area contributed by atoms with E-state index in [4.69, 9.17) is 4.74 Å². The second-order valence-corrected chi connectivity index (χ2v) is 5.60. The summed E-state index contributed by atoms with van der Waals surface area (Å²) in [5.74, 6) is 0.348. The van der Waals surface area contributed by atoms with Crippen LogP contribution in [0.5, 0.6) is 5.75 Å². The van der Waals surface area contributed by atoms with Crippen LogP contribution in [0, 0.1) is 12.7 Å². The van der Waals surface area contributed by atoms with Crippen LogP contribution in [0.3, 0.4) is 0 Å². The van der Waals surface area contributed by atoms with Gasteiger partial charge < -0.3 is 10.1 Å². The summed E-state index contributed by atoms with van der Waals surface area (Å²) in [5, 5.41) is 3.29. The molecule has 0 atom stereocenters. The van der Waals surface area contributed by atoms with Crippen molar-refractivity contribution in [2.45, 2.75) is 27.0 Å². The maximum absolute atomic E-state index is 13.1. The summed E-state index contributed by atoms with van der Waals surface area (Å²) in [4.78, 5) is 2.44. The number of hydrogen-bond donors (Lipinski definition) is 1. The van der Waals surface area contributed by atoms with Crippen LogP contribution >= 0.6 is 11.3 Å². The van der Waals surface area contributed by atoms with Gasteiger partial charge in [0.15, 0.2) is 0 Å². The highest BCUT2D eigenvalue weighted by Gasteiger charge is 2.04. The first-order valence-electron chi connectivity index (χ1n) is 6.36. The minimum absolute atomic E-state index is 0.264. The quantitative estimate of drug-likeness (QED) is 0.866. The minimum Gasteiger partial charge on any atom is -0.488 e. The van der Waals surface area contributed by atoms with E-state index in [9.17, 15) is 4.39 Å². The summed E-state index contributed by atoms with van der Waals surface area (Å²) in [6.45, 7) is 6.34. The highest BCUT2D eigenvalue weighted by Crippen LogP contribution is 2.22. The zero-order chi connectivity index (χ0) is 13.7. The Bertz CT molecular complexity index is 539. The van der Waals surface area contributed by atoms with Gasteiger partial charge in [0, 0.05) is 22.4 Å². The molecule has 4 heteroatoms. The van der Waals surface area contributed by atoms with Crippen LogP contribution < -0.4 is 10.1 Å². The Morgan fingerprint density at radius 2 is 2.00 bits per heavy atom. The molecule has 19 heavy (non-hydrogen) atoms. The fourth-order valence-electron chi connectivity index (χ4n) is 1.72. The molecule has 0 aliphatic heterocycles. The van der Waals surface area contributed by atoms with Crippen LogP contribution in [0.2, 0.25) is 0 Å². The van der Waals surface area contributed by atoms with Crippen molar-refractivity contribution in [3.63, 3.8) is 0 Å². The summed E-state index contributed by atoms with van der Waals surface area (Å²) in [6, 6.07) is 8.77. The Hall–Kier alpha value is -1.39. The molecule has 0 aliphatic rings. The molecule has 1 N–H and O–H groups in total. The molecule has 0 amide bonds. The van der Waals surface area contributed by atoms with Gasteiger partial charge in [-0.1, -0.05) is 13.0 Å². The van der Waals surface area contributed by atoms with Crippen LogP contribution in [-0.2, 0) is 13.2 Å². The molecular formula is C15H18FNOS. The van der Waals surface area contributed by atoms with Crippen molar-refractivity contribution >= 4 is 11.3 Å². The summed E-state index contributed by atoms with van der Waals surface area (Å²) in [6.07, 6.45) is 0. The molecule has 2 aromatic rings. The monoisotopic (exact) mass is 279 g/mol. The average molecular weight is 279 g/mol. The van der Waals surface area contributed by atoms with Crippen molar-refractivity contribution in [3.8, 4) is 5.75 Å². The molecule has 102 valence electrons. The molecule has 0 spiro atoms. The maximum atomic E-state index is 13.1.